The number of aryl methyl sites for hydroxylation is 2. The van der Waals surface area contributed by atoms with E-state index in [9.17, 15) is 19.5 Å². The summed E-state index contributed by atoms with van der Waals surface area (Å²) >= 11 is 0. The van der Waals surface area contributed by atoms with E-state index >= 15 is 0 Å². The molecular formula is C16H15N3O4. The molecule has 0 saturated heterocycles. The molecular weight excluding hydrogens is 298 g/mol. The summed E-state index contributed by atoms with van der Waals surface area (Å²) in [4.78, 5) is 36.4. The Hall–Kier alpha value is -3.09. The lowest BCUT2D eigenvalue weighted by Crippen LogP contribution is -2.39. The first kappa shape index (κ1) is 14.8. The van der Waals surface area contributed by atoms with Gasteiger partial charge in [0.2, 0.25) is 0 Å². The van der Waals surface area contributed by atoms with Crippen LogP contribution in [-0.2, 0) is 13.6 Å². The highest BCUT2D eigenvalue weighted by Gasteiger charge is 2.19. The van der Waals surface area contributed by atoms with Crippen LogP contribution in [0, 0.1) is 6.92 Å². The Kier molecular flexibility index (Phi) is 3.40. The maximum absolute atomic E-state index is 12.6. The Labute approximate surface area is 130 Å². The average Bonchev–Trinajstić information content (AvgIpc) is 2.88. The largest absolute Gasteiger partial charge is 0.477 e. The first-order valence-electron chi connectivity index (χ1n) is 7.00. The van der Waals surface area contributed by atoms with Crippen molar-refractivity contribution in [2.45, 2.75) is 13.5 Å². The topological polar surface area (TPSA) is 85.7 Å². The van der Waals surface area contributed by atoms with E-state index < -0.39 is 17.2 Å². The van der Waals surface area contributed by atoms with E-state index in [0.29, 0.717) is 11.2 Å². The third-order valence-corrected chi connectivity index (χ3v) is 3.90. The van der Waals surface area contributed by atoms with Crippen molar-refractivity contribution in [3.05, 3.63) is 74.2 Å². The van der Waals surface area contributed by atoms with E-state index in [2.05, 4.69) is 0 Å². The molecule has 0 fully saturated rings. The molecule has 1 aromatic carbocycles. The number of nitrogens with zero attached hydrogens (tertiary/aromatic N) is 3. The first-order valence-corrected chi connectivity index (χ1v) is 7.00. The summed E-state index contributed by atoms with van der Waals surface area (Å²) in [7, 11) is 1.52. The zero-order valence-electron chi connectivity index (χ0n) is 12.7. The van der Waals surface area contributed by atoms with Crippen LogP contribution in [0.15, 0.2) is 46.1 Å². The molecule has 3 aromatic rings. The Morgan fingerprint density at radius 2 is 1.83 bits per heavy atom. The minimum Gasteiger partial charge on any atom is -0.477 e. The van der Waals surface area contributed by atoms with Gasteiger partial charge in [0.15, 0.2) is 0 Å². The smallest absolute Gasteiger partial charge is 0.354 e. The Bertz CT molecular complexity index is 1030. The van der Waals surface area contributed by atoms with Crippen LogP contribution in [0.1, 0.15) is 21.6 Å². The molecule has 0 atom stereocenters. The molecule has 7 nitrogen and oxygen atoms in total. The van der Waals surface area contributed by atoms with Gasteiger partial charge in [-0.15, -0.1) is 0 Å². The fraction of sp³-hybridized carbons (Fsp3) is 0.188. The molecule has 0 saturated carbocycles. The minimum absolute atomic E-state index is 0.0536. The maximum atomic E-state index is 12.6. The second-order valence-corrected chi connectivity index (χ2v) is 5.36. The summed E-state index contributed by atoms with van der Waals surface area (Å²) < 4.78 is 3.67. The lowest BCUT2D eigenvalue weighted by Gasteiger charge is -2.09. The Balaban J connectivity index is 2.31. The van der Waals surface area contributed by atoms with Gasteiger partial charge in [-0.2, -0.15) is 0 Å². The van der Waals surface area contributed by atoms with Gasteiger partial charge in [-0.1, -0.05) is 30.3 Å². The molecule has 0 aliphatic rings. The number of imidazole rings is 1. The second-order valence-electron chi connectivity index (χ2n) is 5.36. The van der Waals surface area contributed by atoms with Crippen molar-refractivity contribution in [3.8, 4) is 0 Å². The minimum atomic E-state index is -1.16. The van der Waals surface area contributed by atoms with Crippen molar-refractivity contribution < 1.29 is 9.90 Å². The van der Waals surface area contributed by atoms with Gasteiger partial charge in [0, 0.05) is 13.2 Å². The molecule has 2 aromatic heterocycles. The van der Waals surface area contributed by atoms with E-state index in [1.165, 1.54) is 22.2 Å². The molecule has 0 radical (unpaired) electrons. The number of carboxylic acid groups (broad SMARTS) is 1. The Morgan fingerprint density at radius 1 is 1.17 bits per heavy atom. The predicted octanol–water partition coefficient (Wildman–Crippen LogP) is 0.855. The fourth-order valence-electron chi connectivity index (χ4n) is 2.74. The number of hydrogen-bond acceptors (Lipinski definition) is 3. The molecule has 0 aliphatic carbocycles. The highest BCUT2D eigenvalue weighted by atomic mass is 16.4. The second kappa shape index (κ2) is 5.28. The highest BCUT2D eigenvalue weighted by Crippen LogP contribution is 2.10. The lowest BCUT2D eigenvalue weighted by molar-refractivity contribution is 0.0687. The number of aromatic nitrogens is 3. The molecule has 2 heterocycles. The van der Waals surface area contributed by atoms with Crippen molar-refractivity contribution in [2.24, 2.45) is 7.05 Å². The van der Waals surface area contributed by atoms with Gasteiger partial charge in [-0.25, -0.2) is 9.59 Å². The van der Waals surface area contributed by atoms with Gasteiger partial charge in [0.05, 0.1) is 12.1 Å². The highest BCUT2D eigenvalue weighted by molar-refractivity contribution is 5.86. The van der Waals surface area contributed by atoms with Gasteiger partial charge >= 0.3 is 11.7 Å². The zero-order chi connectivity index (χ0) is 16.7. The van der Waals surface area contributed by atoms with Crippen LogP contribution >= 0.6 is 0 Å². The summed E-state index contributed by atoms with van der Waals surface area (Å²) in [5, 5.41) is 9.20. The summed E-state index contributed by atoms with van der Waals surface area (Å²) in [5.41, 5.74) is 0.416. The number of fused-ring (bicyclic) bond motifs is 1. The average molecular weight is 313 g/mol. The van der Waals surface area contributed by atoms with Gasteiger partial charge < -0.3 is 9.67 Å². The summed E-state index contributed by atoms with van der Waals surface area (Å²) in [5.74, 6) is -1.16. The van der Waals surface area contributed by atoms with E-state index in [0.717, 1.165) is 10.1 Å². The summed E-state index contributed by atoms with van der Waals surface area (Å²) in [6.07, 6.45) is 1.24. The maximum Gasteiger partial charge on any atom is 0.354 e. The van der Waals surface area contributed by atoms with Crippen LogP contribution in [0.5, 0.6) is 0 Å². The molecule has 1 N–H and O–H groups in total. The molecule has 118 valence electrons. The van der Waals surface area contributed by atoms with Crippen LogP contribution < -0.4 is 11.2 Å². The molecule has 0 aliphatic heterocycles. The standard InChI is InChI=1S/C16H15N3O4/c1-10-13-17(2)12(15(21)22)9-18(13)16(23)19(14(10)20)8-11-6-4-3-5-7-11/h3-7,9H,8H2,1-2H3,(H,21,22). The van der Waals surface area contributed by atoms with Crippen molar-refractivity contribution in [1.29, 1.82) is 0 Å². The van der Waals surface area contributed by atoms with Crippen LogP contribution in [0.4, 0.5) is 0 Å². The Morgan fingerprint density at radius 3 is 2.43 bits per heavy atom. The third-order valence-electron chi connectivity index (χ3n) is 3.90. The number of benzene rings is 1. The third kappa shape index (κ3) is 2.26. The van der Waals surface area contributed by atoms with Gasteiger partial charge in [-0.05, 0) is 12.5 Å². The van der Waals surface area contributed by atoms with Gasteiger partial charge in [0.1, 0.15) is 11.3 Å². The van der Waals surface area contributed by atoms with Crippen LogP contribution in [0.2, 0.25) is 0 Å². The number of rotatable bonds is 3. The molecule has 3 rings (SSSR count). The SMILES string of the molecule is Cc1c(=O)n(Cc2ccccc2)c(=O)n2cc(C(=O)O)n(C)c12. The monoisotopic (exact) mass is 313 g/mol. The summed E-state index contributed by atoms with van der Waals surface area (Å²) in [6.45, 7) is 1.73. The predicted molar refractivity (Wildman–Crippen MR) is 84.1 cm³/mol. The van der Waals surface area contributed by atoms with E-state index in [1.54, 1.807) is 6.92 Å². The lowest BCUT2D eigenvalue weighted by atomic mass is 10.2. The molecule has 0 unspecified atom stereocenters. The number of carboxylic acids is 1. The van der Waals surface area contributed by atoms with Gasteiger partial charge in [0.25, 0.3) is 5.56 Å². The van der Waals surface area contributed by atoms with Gasteiger partial charge in [-0.3, -0.25) is 13.8 Å². The fourth-order valence-corrected chi connectivity index (χ4v) is 2.74. The quantitative estimate of drug-likeness (QED) is 0.777. The summed E-state index contributed by atoms with van der Waals surface area (Å²) in [6, 6.07) is 9.15. The van der Waals surface area contributed by atoms with Crippen LogP contribution in [0.25, 0.3) is 5.65 Å². The van der Waals surface area contributed by atoms with Crippen molar-refractivity contribution in [2.75, 3.05) is 0 Å². The van der Waals surface area contributed by atoms with Crippen LogP contribution in [-0.4, -0.2) is 24.6 Å². The number of aromatic carboxylic acids is 1. The van der Waals surface area contributed by atoms with Crippen molar-refractivity contribution >= 4 is 11.6 Å². The number of hydrogen-bond donors (Lipinski definition) is 1. The van der Waals surface area contributed by atoms with E-state index in [-0.39, 0.29) is 12.2 Å². The zero-order valence-corrected chi connectivity index (χ0v) is 12.7. The van der Waals surface area contributed by atoms with Crippen LogP contribution in [0.3, 0.4) is 0 Å². The van der Waals surface area contributed by atoms with Crippen molar-refractivity contribution in [1.82, 2.24) is 13.5 Å². The molecule has 0 spiro atoms. The van der Waals surface area contributed by atoms with Crippen molar-refractivity contribution in [3.63, 3.8) is 0 Å². The number of carbonyl (C=O) groups is 1. The molecule has 23 heavy (non-hydrogen) atoms. The first-order chi connectivity index (χ1) is 10.9. The molecule has 0 bridgehead atoms. The molecule has 0 amide bonds. The van der Waals surface area contributed by atoms with E-state index in [4.69, 9.17) is 0 Å². The normalized spacial score (nSPS) is 11.0. The molecule has 7 heteroatoms. The van der Waals surface area contributed by atoms with E-state index in [1.807, 2.05) is 30.3 Å².